The fraction of sp³-hybridized carbons (Fsp3) is 0.647. The normalized spacial score (nSPS) is 20.0. The lowest BCUT2D eigenvalue weighted by Crippen LogP contribution is -2.36. The number of piperidine rings is 1. The van der Waals surface area contributed by atoms with Crippen LogP contribution in [0.3, 0.4) is 0 Å². The average Bonchev–Trinajstić information content (AvgIpc) is 3.31. The van der Waals surface area contributed by atoms with E-state index in [0.717, 1.165) is 43.8 Å². The van der Waals surface area contributed by atoms with Crippen molar-refractivity contribution in [2.75, 3.05) is 31.7 Å². The van der Waals surface area contributed by atoms with Gasteiger partial charge in [0.25, 0.3) is 0 Å². The van der Waals surface area contributed by atoms with Crippen LogP contribution in [0.5, 0.6) is 0 Å². The highest BCUT2D eigenvalue weighted by Crippen LogP contribution is 2.29. The molecule has 1 N–H and O–H groups in total. The molecule has 3 rings (SSSR count). The highest BCUT2D eigenvalue weighted by Gasteiger charge is 2.24. The zero-order chi connectivity index (χ0) is 14.7. The molecule has 2 aliphatic rings. The van der Waals surface area contributed by atoms with Crippen LogP contribution < -0.4 is 10.2 Å². The molecule has 0 aromatic heterocycles. The summed E-state index contributed by atoms with van der Waals surface area (Å²) >= 11 is 0. The summed E-state index contributed by atoms with van der Waals surface area (Å²) in [6.45, 7) is 3.47. The second kappa shape index (κ2) is 6.75. The van der Waals surface area contributed by atoms with Crippen molar-refractivity contribution in [1.82, 2.24) is 5.32 Å². The zero-order valence-corrected chi connectivity index (χ0v) is 12.8. The monoisotopic (exact) mass is 292 g/mol. The fourth-order valence-electron chi connectivity index (χ4n) is 3.13. The van der Waals surface area contributed by atoms with Gasteiger partial charge in [-0.3, -0.25) is 0 Å². The molecule has 21 heavy (non-hydrogen) atoms. The maximum atomic E-state index is 14.2. The summed E-state index contributed by atoms with van der Waals surface area (Å²) in [6.07, 6.45) is 4.71. The highest BCUT2D eigenvalue weighted by atomic mass is 19.1. The van der Waals surface area contributed by atoms with E-state index in [1.54, 1.807) is 13.2 Å². The molecule has 0 unspecified atom stereocenters. The molecule has 1 aromatic carbocycles. The third-order valence-corrected chi connectivity index (χ3v) is 4.60. The summed E-state index contributed by atoms with van der Waals surface area (Å²) in [6, 6.07) is 6.06. The molecule has 0 amide bonds. The van der Waals surface area contributed by atoms with E-state index in [1.807, 2.05) is 6.07 Å². The van der Waals surface area contributed by atoms with Crippen LogP contribution in [-0.4, -0.2) is 32.8 Å². The van der Waals surface area contributed by atoms with Crippen molar-refractivity contribution in [2.45, 2.75) is 38.3 Å². The minimum absolute atomic E-state index is 0.0836. The third-order valence-electron chi connectivity index (χ3n) is 4.60. The lowest BCUT2D eigenvalue weighted by atomic mass is 9.96. The van der Waals surface area contributed by atoms with Gasteiger partial charge < -0.3 is 15.0 Å². The molecule has 0 spiro atoms. The van der Waals surface area contributed by atoms with Crippen molar-refractivity contribution >= 4 is 5.69 Å². The Morgan fingerprint density at radius 1 is 1.24 bits per heavy atom. The van der Waals surface area contributed by atoms with E-state index in [2.05, 4.69) is 16.3 Å². The van der Waals surface area contributed by atoms with Crippen molar-refractivity contribution in [3.05, 3.63) is 29.6 Å². The molecule has 1 aliphatic heterocycles. The van der Waals surface area contributed by atoms with E-state index in [1.165, 1.54) is 12.8 Å². The number of hydrogen-bond acceptors (Lipinski definition) is 3. The summed E-state index contributed by atoms with van der Waals surface area (Å²) in [5, 5.41) is 3.44. The Kier molecular flexibility index (Phi) is 4.76. The maximum absolute atomic E-state index is 14.2. The van der Waals surface area contributed by atoms with Crippen molar-refractivity contribution in [3.8, 4) is 0 Å². The SMILES string of the molecule is COCC1CCN(c2cccc(F)c2CNC2CC2)CC1. The first-order chi connectivity index (χ1) is 10.3. The van der Waals surface area contributed by atoms with Crippen LogP contribution in [0.15, 0.2) is 18.2 Å². The van der Waals surface area contributed by atoms with Crippen LogP contribution >= 0.6 is 0 Å². The zero-order valence-electron chi connectivity index (χ0n) is 12.8. The number of ether oxygens (including phenoxy) is 1. The number of rotatable bonds is 6. The van der Waals surface area contributed by atoms with Crippen molar-refractivity contribution < 1.29 is 9.13 Å². The molecule has 1 aromatic rings. The van der Waals surface area contributed by atoms with Gasteiger partial charge in [-0.25, -0.2) is 4.39 Å². The van der Waals surface area contributed by atoms with Crippen molar-refractivity contribution in [2.24, 2.45) is 5.92 Å². The third kappa shape index (κ3) is 3.74. The van der Waals surface area contributed by atoms with E-state index in [9.17, 15) is 4.39 Å². The molecule has 0 bridgehead atoms. The molecule has 3 nitrogen and oxygen atoms in total. The summed E-state index contributed by atoms with van der Waals surface area (Å²) < 4.78 is 19.4. The van der Waals surface area contributed by atoms with Crippen LogP contribution in [0.2, 0.25) is 0 Å². The molecule has 2 fully saturated rings. The van der Waals surface area contributed by atoms with Gasteiger partial charge in [0.1, 0.15) is 5.82 Å². The Balaban J connectivity index is 1.67. The first-order valence-electron chi connectivity index (χ1n) is 8.02. The Morgan fingerprint density at radius 2 is 2.00 bits per heavy atom. The smallest absolute Gasteiger partial charge is 0.129 e. The first kappa shape index (κ1) is 14.8. The molecule has 116 valence electrons. The predicted octanol–water partition coefficient (Wildman–Crippen LogP) is 2.94. The largest absolute Gasteiger partial charge is 0.384 e. The number of nitrogens with zero attached hydrogens (tertiary/aromatic N) is 1. The van der Waals surface area contributed by atoms with Crippen LogP contribution in [0.1, 0.15) is 31.2 Å². The van der Waals surface area contributed by atoms with E-state index in [0.29, 0.717) is 18.5 Å². The fourth-order valence-corrected chi connectivity index (χ4v) is 3.13. The summed E-state index contributed by atoms with van der Waals surface area (Å²) in [5.41, 5.74) is 1.90. The van der Waals surface area contributed by atoms with E-state index >= 15 is 0 Å². The van der Waals surface area contributed by atoms with Gasteiger partial charge in [-0.15, -0.1) is 0 Å². The van der Waals surface area contributed by atoms with Gasteiger partial charge in [-0.1, -0.05) is 6.07 Å². The predicted molar refractivity (Wildman–Crippen MR) is 83.1 cm³/mol. The minimum atomic E-state index is -0.0836. The minimum Gasteiger partial charge on any atom is -0.384 e. The van der Waals surface area contributed by atoms with Crippen LogP contribution in [0, 0.1) is 11.7 Å². The number of benzene rings is 1. The molecule has 1 aliphatic carbocycles. The standard InChI is InChI=1S/C17H25FN2O/c1-21-12-13-7-9-20(10-8-13)17-4-2-3-16(18)15(17)11-19-14-5-6-14/h2-4,13-14,19H,5-12H2,1H3. The first-order valence-corrected chi connectivity index (χ1v) is 8.02. The van der Waals surface area contributed by atoms with E-state index in [-0.39, 0.29) is 5.82 Å². The number of hydrogen-bond donors (Lipinski definition) is 1. The van der Waals surface area contributed by atoms with Gasteiger partial charge in [-0.2, -0.15) is 0 Å². The molecule has 0 radical (unpaired) electrons. The maximum Gasteiger partial charge on any atom is 0.129 e. The number of methoxy groups -OCH3 is 1. The Hall–Kier alpha value is -1.13. The number of nitrogens with one attached hydrogen (secondary N) is 1. The summed E-state index contributed by atoms with van der Waals surface area (Å²) in [7, 11) is 1.76. The molecule has 1 heterocycles. The quantitative estimate of drug-likeness (QED) is 0.872. The second-order valence-electron chi connectivity index (χ2n) is 6.28. The number of halogens is 1. The average molecular weight is 292 g/mol. The lowest BCUT2D eigenvalue weighted by Gasteiger charge is -2.34. The van der Waals surface area contributed by atoms with Crippen molar-refractivity contribution in [3.63, 3.8) is 0 Å². The van der Waals surface area contributed by atoms with Crippen LogP contribution in [-0.2, 0) is 11.3 Å². The van der Waals surface area contributed by atoms with Gasteiger partial charge in [-0.05, 0) is 43.7 Å². The summed E-state index contributed by atoms with van der Waals surface area (Å²) in [5.74, 6) is 0.563. The Bertz CT molecular complexity index is 468. The molecule has 0 atom stereocenters. The highest BCUT2D eigenvalue weighted by molar-refractivity contribution is 5.54. The molecular formula is C17H25FN2O. The molecule has 1 saturated carbocycles. The topological polar surface area (TPSA) is 24.5 Å². The van der Waals surface area contributed by atoms with E-state index < -0.39 is 0 Å². The Labute approximate surface area is 126 Å². The van der Waals surface area contributed by atoms with Gasteiger partial charge in [0.15, 0.2) is 0 Å². The van der Waals surface area contributed by atoms with Gasteiger partial charge in [0, 0.05) is 50.6 Å². The van der Waals surface area contributed by atoms with Crippen LogP contribution in [0.25, 0.3) is 0 Å². The lowest BCUT2D eigenvalue weighted by molar-refractivity contribution is 0.139. The summed E-state index contributed by atoms with van der Waals surface area (Å²) in [4.78, 5) is 2.33. The molecular weight excluding hydrogens is 267 g/mol. The van der Waals surface area contributed by atoms with Crippen molar-refractivity contribution in [1.29, 1.82) is 0 Å². The van der Waals surface area contributed by atoms with Gasteiger partial charge in [0.05, 0.1) is 0 Å². The molecule has 1 saturated heterocycles. The van der Waals surface area contributed by atoms with Gasteiger partial charge in [0.2, 0.25) is 0 Å². The number of anilines is 1. The Morgan fingerprint density at radius 3 is 2.67 bits per heavy atom. The van der Waals surface area contributed by atoms with Crippen LogP contribution in [0.4, 0.5) is 10.1 Å². The second-order valence-corrected chi connectivity index (χ2v) is 6.28. The molecule has 4 heteroatoms. The van der Waals surface area contributed by atoms with E-state index in [4.69, 9.17) is 4.74 Å². The van der Waals surface area contributed by atoms with Gasteiger partial charge >= 0.3 is 0 Å².